The van der Waals surface area contributed by atoms with Crippen molar-refractivity contribution in [2.24, 2.45) is 16.7 Å². The largest absolute Gasteiger partial charge is 0.489 e. The zero-order valence-corrected chi connectivity index (χ0v) is 17.7. The summed E-state index contributed by atoms with van der Waals surface area (Å²) in [4.78, 5) is 0. The lowest BCUT2D eigenvalue weighted by Crippen LogP contribution is -2.39. The third kappa shape index (κ3) is 2.64. The Hall–Kier alpha value is -1.83. The van der Waals surface area contributed by atoms with Crippen LogP contribution in [-0.2, 0) is 10.0 Å². The van der Waals surface area contributed by atoms with Gasteiger partial charge in [0.05, 0.1) is 6.26 Å². The molecule has 0 saturated heterocycles. The van der Waals surface area contributed by atoms with Crippen LogP contribution in [0.3, 0.4) is 0 Å². The number of ether oxygens (including phenoxy) is 1. The fraction of sp³-hybridized carbons (Fsp3) is 0.700. The maximum Gasteiger partial charge on any atom is 0.242 e. The van der Waals surface area contributed by atoms with E-state index in [4.69, 9.17) is 4.74 Å². The minimum absolute atomic E-state index is 0.182. The third-order valence-electron chi connectivity index (χ3n) is 7.81. The molecule has 1 N–H and O–H groups in total. The van der Waals surface area contributed by atoms with Gasteiger partial charge in [-0.3, -0.25) is 9.12 Å². The smallest absolute Gasteiger partial charge is 0.242 e. The summed E-state index contributed by atoms with van der Waals surface area (Å²) in [6.45, 7) is 7.16. The van der Waals surface area contributed by atoms with E-state index in [-0.39, 0.29) is 17.5 Å². The van der Waals surface area contributed by atoms with E-state index in [0.717, 1.165) is 36.8 Å². The number of hydrogen-bond donors (Lipinski definition) is 1. The van der Waals surface area contributed by atoms with E-state index in [1.165, 1.54) is 12.8 Å². The summed E-state index contributed by atoms with van der Waals surface area (Å²) in [5.74, 6) is 2.29. The molecule has 7 nitrogen and oxygen atoms in total. The van der Waals surface area contributed by atoms with Gasteiger partial charge >= 0.3 is 0 Å². The van der Waals surface area contributed by atoms with Crippen LogP contribution in [0.15, 0.2) is 12.3 Å². The molecule has 2 aromatic rings. The van der Waals surface area contributed by atoms with Crippen LogP contribution in [0.5, 0.6) is 5.75 Å². The molecule has 3 aliphatic rings. The standard InChI is InChI=1S/C20H28N4O3S/c1-19(2)13-7-8-20(19,3)16(9-13)27-15-10-17-21-22-18(23-28(4,25)26)24(17)11-14(15)12-5-6-12/h10-13,16H,5-9H2,1-4H3,(H,22,23)/t13-,16+,20-/m0/s1. The average Bonchev–Trinajstić information content (AvgIpc) is 3.30. The monoisotopic (exact) mass is 404 g/mol. The molecular formula is C20H28N4O3S. The highest BCUT2D eigenvalue weighted by Crippen LogP contribution is 2.66. The second-order valence-electron chi connectivity index (χ2n) is 9.71. The lowest BCUT2D eigenvalue weighted by atomic mass is 9.70. The van der Waals surface area contributed by atoms with Crippen LogP contribution in [0.25, 0.3) is 5.65 Å². The molecule has 3 atom stereocenters. The van der Waals surface area contributed by atoms with Gasteiger partial charge in [0.2, 0.25) is 16.0 Å². The Morgan fingerprint density at radius 2 is 1.96 bits per heavy atom. The van der Waals surface area contributed by atoms with E-state index < -0.39 is 10.0 Å². The predicted octanol–water partition coefficient (Wildman–Crippen LogP) is 3.57. The Bertz CT molecular complexity index is 1060. The summed E-state index contributed by atoms with van der Waals surface area (Å²) in [6.07, 6.45) is 9.15. The molecule has 8 heteroatoms. The van der Waals surface area contributed by atoms with E-state index in [0.29, 0.717) is 22.9 Å². The topological polar surface area (TPSA) is 85.6 Å². The maximum absolute atomic E-state index is 11.6. The Balaban J connectivity index is 1.53. The summed E-state index contributed by atoms with van der Waals surface area (Å²) in [7, 11) is -3.42. The van der Waals surface area contributed by atoms with Gasteiger partial charge in [0, 0.05) is 23.2 Å². The van der Waals surface area contributed by atoms with Crippen LogP contribution >= 0.6 is 0 Å². The van der Waals surface area contributed by atoms with Crippen LogP contribution in [0.4, 0.5) is 5.95 Å². The number of rotatable bonds is 5. The lowest BCUT2D eigenvalue weighted by molar-refractivity contribution is 0.0296. The molecule has 3 fully saturated rings. The molecule has 28 heavy (non-hydrogen) atoms. The van der Waals surface area contributed by atoms with Crippen molar-refractivity contribution in [2.75, 3.05) is 11.0 Å². The van der Waals surface area contributed by atoms with Crippen LogP contribution in [-0.4, -0.2) is 35.4 Å². The first-order valence-corrected chi connectivity index (χ1v) is 12.0. The molecule has 0 spiro atoms. The molecule has 0 radical (unpaired) electrons. The highest BCUT2D eigenvalue weighted by molar-refractivity contribution is 7.91. The second kappa shape index (κ2) is 5.62. The number of hydrogen-bond acceptors (Lipinski definition) is 5. The van der Waals surface area contributed by atoms with Gasteiger partial charge in [-0.2, -0.15) is 0 Å². The van der Waals surface area contributed by atoms with Crippen molar-refractivity contribution in [3.63, 3.8) is 0 Å². The molecule has 2 heterocycles. The number of pyridine rings is 1. The highest BCUT2D eigenvalue weighted by Gasteiger charge is 2.62. The van der Waals surface area contributed by atoms with Crippen molar-refractivity contribution >= 4 is 21.6 Å². The van der Waals surface area contributed by atoms with E-state index >= 15 is 0 Å². The van der Waals surface area contributed by atoms with Gasteiger partial charge in [0.25, 0.3) is 0 Å². The number of nitrogens with zero attached hydrogens (tertiary/aromatic N) is 3. The second-order valence-corrected chi connectivity index (χ2v) is 11.5. The molecule has 2 aromatic heterocycles. The SMILES string of the molecule is CC1(C)[C@H]2CC[C@@]1(C)[C@H](Oc1cc3nnc(NS(C)(=O)=O)n3cc1C1CC1)C2. The van der Waals surface area contributed by atoms with Crippen LogP contribution < -0.4 is 9.46 Å². The lowest BCUT2D eigenvalue weighted by Gasteiger charge is -2.39. The first kappa shape index (κ1) is 18.2. The Morgan fingerprint density at radius 3 is 2.54 bits per heavy atom. The van der Waals surface area contributed by atoms with Gasteiger partial charge in [0.1, 0.15) is 11.9 Å². The molecule has 3 aliphatic carbocycles. The Kier molecular flexibility index (Phi) is 3.65. The fourth-order valence-electron chi connectivity index (χ4n) is 5.43. The van der Waals surface area contributed by atoms with Crippen molar-refractivity contribution in [3.05, 3.63) is 17.8 Å². The van der Waals surface area contributed by atoms with Gasteiger partial charge in [-0.1, -0.05) is 20.8 Å². The summed E-state index contributed by atoms with van der Waals surface area (Å²) < 4.78 is 34.1. The van der Waals surface area contributed by atoms with Crippen LogP contribution in [0.2, 0.25) is 0 Å². The van der Waals surface area contributed by atoms with Crippen LogP contribution in [0, 0.1) is 16.7 Å². The maximum atomic E-state index is 11.6. The summed E-state index contributed by atoms with van der Waals surface area (Å²) >= 11 is 0. The number of sulfonamides is 1. The van der Waals surface area contributed by atoms with Crippen molar-refractivity contribution in [1.82, 2.24) is 14.6 Å². The van der Waals surface area contributed by atoms with E-state index in [1.54, 1.807) is 4.40 Å². The molecule has 0 aliphatic heterocycles. The van der Waals surface area contributed by atoms with Crippen molar-refractivity contribution in [1.29, 1.82) is 0 Å². The number of aromatic nitrogens is 3. The van der Waals surface area contributed by atoms with Crippen molar-refractivity contribution in [2.45, 2.75) is 64.9 Å². The Labute approximate surface area is 165 Å². The van der Waals surface area contributed by atoms with E-state index in [2.05, 4.69) is 35.7 Å². The zero-order chi connectivity index (χ0) is 19.9. The molecule has 0 amide bonds. The molecule has 152 valence electrons. The molecule has 5 rings (SSSR count). The minimum Gasteiger partial charge on any atom is -0.489 e. The first-order chi connectivity index (χ1) is 13.1. The highest BCUT2D eigenvalue weighted by atomic mass is 32.2. The van der Waals surface area contributed by atoms with E-state index in [1.807, 2.05) is 12.3 Å². The quantitative estimate of drug-likeness (QED) is 0.823. The minimum atomic E-state index is -3.42. The van der Waals surface area contributed by atoms with Gasteiger partial charge in [-0.15, -0.1) is 10.2 Å². The first-order valence-electron chi connectivity index (χ1n) is 10.1. The van der Waals surface area contributed by atoms with Crippen LogP contribution in [0.1, 0.15) is 64.4 Å². The van der Waals surface area contributed by atoms with Crippen molar-refractivity contribution in [3.8, 4) is 5.75 Å². The average molecular weight is 405 g/mol. The Morgan fingerprint density at radius 1 is 1.21 bits per heavy atom. The third-order valence-corrected chi connectivity index (χ3v) is 8.37. The summed E-state index contributed by atoms with van der Waals surface area (Å²) in [5, 5.41) is 8.18. The normalized spacial score (nSPS) is 31.4. The summed E-state index contributed by atoms with van der Waals surface area (Å²) in [5.41, 5.74) is 2.20. The van der Waals surface area contributed by atoms with Gasteiger partial charge < -0.3 is 4.74 Å². The van der Waals surface area contributed by atoms with Gasteiger partial charge in [-0.25, -0.2) is 8.42 Å². The zero-order valence-electron chi connectivity index (χ0n) is 16.9. The van der Waals surface area contributed by atoms with Gasteiger partial charge in [-0.05, 0) is 49.4 Å². The molecular weight excluding hydrogens is 376 g/mol. The van der Waals surface area contributed by atoms with Gasteiger partial charge in [0.15, 0.2) is 5.65 Å². The predicted molar refractivity (Wildman–Crippen MR) is 107 cm³/mol. The summed E-state index contributed by atoms with van der Waals surface area (Å²) in [6, 6.07) is 1.93. The number of anilines is 1. The molecule has 3 saturated carbocycles. The van der Waals surface area contributed by atoms with Crippen molar-refractivity contribution < 1.29 is 13.2 Å². The fourth-order valence-corrected chi connectivity index (χ4v) is 5.90. The molecule has 0 aromatic carbocycles. The molecule has 0 unspecified atom stereocenters. The molecule has 2 bridgehead atoms. The number of nitrogens with one attached hydrogen (secondary N) is 1. The number of fused-ring (bicyclic) bond motifs is 3. The van der Waals surface area contributed by atoms with E-state index in [9.17, 15) is 8.42 Å².